The van der Waals surface area contributed by atoms with E-state index in [9.17, 15) is 4.79 Å². The summed E-state index contributed by atoms with van der Waals surface area (Å²) in [6.45, 7) is 9.22. The Morgan fingerprint density at radius 2 is 2.06 bits per heavy atom. The van der Waals surface area contributed by atoms with E-state index in [1.807, 2.05) is 13.0 Å². The number of hydrogen-bond donors (Lipinski definition) is 2. The highest BCUT2D eigenvalue weighted by Gasteiger charge is 2.08. The van der Waals surface area contributed by atoms with Gasteiger partial charge in [0, 0.05) is 31.9 Å². The standard InChI is InChI=1S/C11H18N4O/c1-9(15-7-5-14-6-8-15)3-4-10(13-2)11(12)16/h3-4,14H,2,5-8H2,1H3,(H2,12,16)/b9-3+,10-4-. The number of carbonyl (C=O) groups is 1. The lowest BCUT2D eigenvalue weighted by Crippen LogP contribution is -2.42. The SMILES string of the molecule is C=N/C(=C\C=C(/C)N1CCNCC1)C(N)=O. The number of primary amides is 1. The van der Waals surface area contributed by atoms with Gasteiger partial charge in [0.05, 0.1) is 0 Å². The zero-order valence-electron chi connectivity index (χ0n) is 9.57. The first kappa shape index (κ1) is 12.4. The summed E-state index contributed by atoms with van der Waals surface area (Å²) < 4.78 is 0. The Morgan fingerprint density at radius 3 is 2.56 bits per heavy atom. The number of nitrogens with zero attached hydrogens (tertiary/aromatic N) is 2. The summed E-state index contributed by atoms with van der Waals surface area (Å²) in [6.07, 6.45) is 3.45. The van der Waals surface area contributed by atoms with E-state index >= 15 is 0 Å². The van der Waals surface area contributed by atoms with Crippen LogP contribution in [-0.4, -0.2) is 43.7 Å². The largest absolute Gasteiger partial charge is 0.372 e. The van der Waals surface area contributed by atoms with Crippen molar-refractivity contribution in [3.8, 4) is 0 Å². The van der Waals surface area contributed by atoms with Gasteiger partial charge in [-0.15, -0.1) is 0 Å². The third-order valence-electron chi connectivity index (χ3n) is 2.52. The van der Waals surface area contributed by atoms with Crippen LogP contribution in [0.5, 0.6) is 0 Å². The van der Waals surface area contributed by atoms with Crippen LogP contribution in [-0.2, 0) is 4.79 Å². The van der Waals surface area contributed by atoms with Gasteiger partial charge in [0.1, 0.15) is 5.70 Å². The molecule has 5 nitrogen and oxygen atoms in total. The van der Waals surface area contributed by atoms with E-state index < -0.39 is 5.91 Å². The Bertz CT molecular complexity index is 327. The number of rotatable bonds is 4. The molecule has 1 rings (SSSR count). The topological polar surface area (TPSA) is 70.7 Å². The van der Waals surface area contributed by atoms with Gasteiger partial charge in [-0.2, -0.15) is 0 Å². The van der Waals surface area contributed by atoms with Crippen molar-refractivity contribution >= 4 is 12.6 Å². The zero-order valence-corrected chi connectivity index (χ0v) is 9.57. The minimum Gasteiger partial charge on any atom is -0.372 e. The summed E-state index contributed by atoms with van der Waals surface area (Å²) in [5.74, 6) is -0.556. The van der Waals surface area contributed by atoms with Crippen molar-refractivity contribution in [2.45, 2.75) is 6.92 Å². The smallest absolute Gasteiger partial charge is 0.267 e. The molecule has 1 aliphatic rings. The molecule has 1 heterocycles. The molecule has 0 saturated carbocycles. The van der Waals surface area contributed by atoms with Crippen molar-refractivity contribution in [2.24, 2.45) is 10.7 Å². The minimum atomic E-state index is -0.556. The maximum atomic E-state index is 10.9. The molecule has 0 bridgehead atoms. The van der Waals surface area contributed by atoms with Gasteiger partial charge in [0.15, 0.2) is 0 Å². The molecule has 0 aromatic carbocycles. The quantitative estimate of drug-likeness (QED) is 0.395. The molecule has 1 aliphatic heterocycles. The fourth-order valence-electron chi connectivity index (χ4n) is 1.54. The van der Waals surface area contributed by atoms with E-state index in [1.165, 1.54) is 0 Å². The highest BCUT2D eigenvalue weighted by atomic mass is 16.1. The van der Waals surface area contributed by atoms with Crippen LogP contribution in [0.15, 0.2) is 28.5 Å². The van der Waals surface area contributed by atoms with E-state index in [4.69, 9.17) is 5.73 Å². The van der Waals surface area contributed by atoms with E-state index in [1.54, 1.807) is 6.08 Å². The second-order valence-electron chi connectivity index (χ2n) is 3.62. The first-order chi connectivity index (χ1) is 7.65. The van der Waals surface area contributed by atoms with Crippen molar-refractivity contribution in [3.05, 3.63) is 23.5 Å². The van der Waals surface area contributed by atoms with Gasteiger partial charge in [-0.1, -0.05) is 0 Å². The molecule has 0 aromatic heterocycles. The number of aliphatic imine (C=N–C) groups is 1. The molecule has 0 atom stereocenters. The number of nitrogens with two attached hydrogens (primary N) is 1. The van der Waals surface area contributed by atoms with E-state index in [2.05, 4.69) is 21.9 Å². The van der Waals surface area contributed by atoms with E-state index in [0.717, 1.165) is 31.9 Å². The number of nitrogens with one attached hydrogen (secondary N) is 1. The molecular weight excluding hydrogens is 204 g/mol. The predicted octanol–water partition coefficient (Wildman–Crippen LogP) is -0.135. The van der Waals surface area contributed by atoms with Crippen LogP contribution in [0.2, 0.25) is 0 Å². The Hall–Kier alpha value is -1.62. The van der Waals surface area contributed by atoms with Crippen LogP contribution in [0.25, 0.3) is 0 Å². The summed E-state index contributed by atoms with van der Waals surface area (Å²) in [6, 6.07) is 0. The van der Waals surface area contributed by atoms with Crippen LogP contribution < -0.4 is 11.1 Å². The summed E-state index contributed by atoms with van der Waals surface area (Å²) in [5.41, 5.74) is 6.41. The monoisotopic (exact) mass is 222 g/mol. The molecule has 3 N–H and O–H groups in total. The number of carbonyl (C=O) groups excluding carboxylic acids is 1. The third-order valence-corrected chi connectivity index (χ3v) is 2.52. The average Bonchev–Trinajstić information content (AvgIpc) is 2.30. The Labute approximate surface area is 95.7 Å². The zero-order chi connectivity index (χ0) is 12.0. The van der Waals surface area contributed by atoms with Crippen LogP contribution in [0, 0.1) is 0 Å². The van der Waals surface area contributed by atoms with Gasteiger partial charge in [0.25, 0.3) is 5.91 Å². The van der Waals surface area contributed by atoms with Crippen molar-refractivity contribution in [1.82, 2.24) is 10.2 Å². The van der Waals surface area contributed by atoms with E-state index in [0.29, 0.717) is 0 Å². The van der Waals surface area contributed by atoms with Gasteiger partial charge in [-0.25, -0.2) is 0 Å². The number of piperazine rings is 1. The molecule has 0 aliphatic carbocycles. The number of amides is 1. The molecule has 0 aromatic rings. The van der Waals surface area contributed by atoms with Crippen LogP contribution in [0.4, 0.5) is 0 Å². The fourth-order valence-corrected chi connectivity index (χ4v) is 1.54. The van der Waals surface area contributed by atoms with Gasteiger partial charge in [-0.05, 0) is 25.8 Å². The summed E-state index contributed by atoms with van der Waals surface area (Å²) in [7, 11) is 0. The molecule has 88 valence electrons. The fraction of sp³-hybridized carbons (Fsp3) is 0.455. The second kappa shape index (κ2) is 6.07. The minimum absolute atomic E-state index is 0.189. The maximum absolute atomic E-state index is 10.9. The highest BCUT2D eigenvalue weighted by Crippen LogP contribution is 2.06. The van der Waals surface area contributed by atoms with Crippen LogP contribution in [0.3, 0.4) is 0 Å². The van der Waals surface area contributed by atoms with Gasteiger partial charge in [-0.3, -0.25) is 9.79 Å². The average molecular weight is 222 g/mol. The van der Waals surface area contributed by atoms with Gasteiger partial charge >= 0.3 is 0 Å². The van der Waals surface area contributed by atoms with Crippen molar-refractivity contribution in [1.29, 1.82) is 0 Å². The number of hydrogen-bond acceptors (Lipinski definition) is 4. The maximum Gasteiger partial charge on any atom is 0.267 e. The molecule has 5 heteroatoms. The van der Waals surface area contributed by atoms with E-state index in [-0.39, 0.29) is 5.70 Å². The first-order valence-electron chi connectivity index (χ1n) is 5.26. The lowest BCUT2D eigenvalue weighted by molar-refractivity contribution is -0.114. The van der Waals surface area contributed by atoms with Crippen molar-refractivity contribution < 1.29 is 4.79 Å². The summed E-state index contributed by atoms with van der Waals surface area (Å²) in [5, 5.41) is 3.28. The molecule has 1 amide bonds. The molecule has 16 heavy (non-hydrogen) atoms. The lowest BCUT2D eigenvalue weighted by Gasteiger charge is -2.29. The van der Waals surface area contributed by atoms with Crippen LogP contribution in [0.1, 0.15) is 6.92 Å². The first-order valence-corrected chi connectivity index (χ1v) is 5.26. The number of allylic oxidation sites excluding steroid dienone is 3. The molecule has 1 saturated heterocycles. The van der Waals surface area contributed by atoms with Crippen LogP contribution >= 0.6 is 0 Å². The Balaban J connectivity index is 2.67. The molecule has 0 unspecified atom stereocenters. The summed E-state index contributed by atoms with van der Waals surface area (Å²) >= 11 is 0. The Morgan fingerprint density at radius 1 is 1.44 bits per heavy atom. The molecule has 1 fully saturated rings. The second-order valence-corrected chi connectivity index (χ2v) is 3.62. The molecule has 0 radical (unpaired) electrons. The molecular formula is C11H18N4O. The third kappa shape index (κ3) is 3.51. The predicted molar refractivity (Wildman–Crippen MR) is 65.0 cm³/mol. The molecule has 0 spiro atoms. The van der Waals surface area contributed by atoms with Gasteiger partial charge in [0.2, 0.25) is 0 Å². The van der Waals surface area contributed by atoms with Gasteiger partial charge < -0.3 is 16.0 Å². The Kier molecular flexibility index (Phi) is 4.72. The highest BCUT2D eigenvalue weighted by molar-refractivity contribution is 5.92. The lowest BCUT2D eigenvalue weighted by atomic mass is 10.3. The summed E-state index contributed by atoms with van der Waals surface area (Å²) in [4.78, 5) is 16.7. The van der Waals surface area contributed by atoms with Crippen molar-refractivity contribution in [2.75, 3.05) is 26.2 Å². The van der Waals surface area contributed by atoms with Crippen molar-refractivity contribution in [3.63, 3.8) is 0 Å². The normalized spacial score (nSPS) is 18.4.